The third kappa shape index (κ3) is 3.74. The molecular weight excluding hydrogens is 402 g/mol. The first-order chi connectivity index (χ1) is 12.9. The summed E-state index contributed by atoms with van der Waals surface area (Å²) in [5, 5.41) is 1.30. The Kier molecular flexibility index (Phi) is 4.97. The molecule has 0 aliphatic carbocycles. The highest BCUT2D eigenvalue weighted by Crippen LogP contribution is 2.37. The quantitative estimate of drug-likeness (QED) is 0.630. The summed E-state index contributed by atoms with van der Waals surface area (Å²) in [6.07, 6.45) is 0.462. The van der Waals surface area contributed by atoms with Gasteiger partial charge in [-0.3, -0.25) is 4.79 Å². The molecule has 0 unspecified atom stereocenters. The van der Waals surface area contributed by atoms with Crippen LogP contribution in [0.4, 0.5) is 0 Å². The Balaban J connectivity index is 1.72. The van der Waals surface area contributed by atoms with Gasteiger partial charge in [-0.2, -0.15) is 0 Å². The van der Waals surface area contributed by atoms with Crippen molar-refractivity contribution in [2.45, 2.75) is 19.0 Å². The second-order valence-corrected chi connectivity index (χ2v) is 10.4. The molecule has 140 valence electrons. The molecule has 0 radical (unpaired) electrons. The Morgan fingerprint density at radius 3 is 2.48 bits per heavy atom. The van der Waals surface area contributed by atoms with E-state index in [-0.39, 0.29) is 23.5 Å². The van der Waals surface area contributed by atoms with Gasteiger partial charge in [-0.15, -0.1) is 11.3 Å². The van der Waals surface area contributed by atoms with Crippen molar-refractivity contribution in [2.75, 3.05) is 11.5 Å². The summed E-state index contributed by atoms with van der Waals surface area (Å²) >= 11 is 7.86. The SMILES string of the molecule is O=C(c1sc2ccccc2c1Cl)N(Cc1ccccc1)[C@H]1CCS(=O)(=O)C1. The first-order valence-corrected chi connectivity index (χ1v) is 11.7. The van der Waals surface area contributed by atoms with E-state index in [1.54, 1.807) is 4.90 Å². The van der Waals surface area contributed by atoms with Crippen LogP contribution in [0.25, 0.3) is 10.1 Å². The molecule has 1 aromatic heterocycles. The number of benzene rings is 2. The summed E-state index contributed by atoms with van der Waals surface area (Å²) in [5.74, 6) is -0.0723. The molecule has 2 heterocycles. The second kappa shape index (κ2) is 7.26. The highest BCUT2D eigenvalue weighted by Gasteiger charge is 2.36. The summed E-state index contributed by atoms with van der Waals surface area (Å²) in [7, 11) is -3.11. The molecule has 1 aliphatic rings. The number of carbonyl (C=O) groups excluding carboxylic acids is 1. The summed E-state index contributed by atoms with van der Waals surface area (Å²) < 4.78 is 25.0. The zero-order chi connectivity index (χ0) is 19.0. The van der Waals surface area contributed by atoms with Crippen LogP contribution in [0.5, 0.6) is 0 Å². The number of sulfone groups is 1. The van der Waals surface area contributed by atoms with Gasteiger partial charge in [-0.05, 0) is 18.1 Å². The van der Waals surface area contributed by atoms with Gasteiger partial charge >= 0.3 is 0 Å². The van der Waals surface area contributed by atoms with Gasteiger partial charge in [0, 0.05) is 22.7 Å². The number of fused-ring (bicyclic) bond motifs is 1. The molecular formula is C20H18ClNO3S2. The fourth-order valence-electron chi connectivity index (χ4n) is 3.45. The van der Waals surface area contributed by atoms with Crippen LogP contribution in [0.15, 0.2) is 54.6 Å². The van der Waals surface area contributed by atoms with Crippen molar-refractivity contribution in [2.24, 2.45) is 0 Å². The van der Waals surface area contributed by atoms with Gasteiger partial charge in [0.05, 0.1) is 16.5 Å². The summed E-state index contributed by atoms with van der Waals surface area (Å²) in [6.45, 7) is 0.366. The standard InChI is InChI=1S/C20H18ClNO3S2/c21-18-16-8-4-5-9-17(16)26-19(18)20(23)22(12-14-6-2-1-3-7-14)15-10-11-27(24,25)13-15/h1-9,15H,10-13H2/t15-/m0/s1. The second-order valence-electron chi connectivity index (χ2n) is 6.72. The monoisotopic (exact) mass is 419 g/mol. The molecule has 1 fully saturated rings. The first-order valence-electron chi connectivity index (χ1n) is 8.67. The zero-order valence-corrected chi connectivity index (χ0v) is 16.9. The fourth-order valence-corrected chi connectivity index (χ4v) is 6.65. The predicted molar refractivity (Wildman–Crippen MR) is 110 cm³/mol. The Morgan fingerprint density at radius 1 is 1.11 bits per heavy atom. The molecule has 1 aliphatic heterocycles. The number of hydrogen-bond donors (Lipinski definition) is 0. The van der Waals surface area contributed by atoms with Crippen molar-refractivity contribution in [1.29, 1.82) is 0 Å². The molecule has 0 bridgehead atoms. The van der Waals surface area contributed by atoms with Crippen LogP contribution in [0.1, 0.15) is 21.7 Å². The lowest BCUT2D eigenvalue weighted by Gasteiger charge is -2.28. The fraction of sp³-hybridized carbons (Fsp3) is 0.250. The average molecular weight is 420 g/mol. The molecule has 27 heavy (non-hydrogen) atoms. The predicted octanol–water partition coefficient (Wildman–Crippen LogP) is 4.38. The van der Waals surface area contributed by atoms with Gasteiger partial charge in [-0.1, -0.05) is 60.1 Å². The van der Waals surface area contributed by atoms with Crippen molar-refractivity contribution in [1.82, 2.24) is 4.90 Å². The van der Waals surface area contributed by atoms with E-state index in [2.05, 4.69) is 0 Å². The van der Waals surface area contributed by atoms with Crippen molar-refractivity contribution >= 4 is 48.8 Å². The molecule has 3 aromatic rings. The van der Waals surface area contributed by atoms with Gasteiger partial charge in [0.25, 0.3) is 5.91 Å². The maximum absolute atomic E-state index is 13.4. The largest absolute Gasteiger partial charge is 0.330 e. The molecule has 1 saturated heterocycles. The van der Waals surface area contributed by atoms with E-state index < -0.39 is 9.84 Å². The van der Waals surface area contributed by atoms with Crippen LogP contribution >= 0.6 is 22.9 Å². The molecule has 0 saturated carbocycles. The topological polar surface area (TPSA) is 54.5 Å². The first kappa shape index (κ1) is 18.5. The smallest absolute Gasteiger partial charge is 0.266 e. The molecule has 0 N–H and O–H groups in total. The third-order valence-electron chi connectivity index (χ3n) is 4.83. The highest BCUT2D eigenvalue weighted by atomic mass is 35.5. The lowest BCUT2D eigenvalue weighted by atomic mass is 10.1. The van der Waals surface area contributed by atoms with Crippen LogP contribution in [0.2, 0.25) is 5.02 Å². The summed E-state index contributed by atoms with van der Waals surface area (Å²) in [5.41, 5.74) is 0.965. The number of hydrogen-bond acceptors (Lipinski definition) is 4. The Morgan fingerprint density at radius 2 is 1.81 bits per heavy atom. The minimum atomic E-state index is -3.11. The van der Waals surface area contributed by atoms with E-state index in [1.165, 1.54) is 11.3 Å². The highest BCUT2D eigenvalue weighted by molar-refractivity contribution is 7.91. The normalized spacial score (nSPS) is 18.6. The van der Waals surface area contributed by atoms with Crippen LogP contribution in [0, 0.1) is 0 Å². The maximum Gasteiger partial charge on any atom is 0.266 e. The number of amides is 1. The van der Waals surface area contributed by atoms with E-state index in [0.717, 1.165) is 15.6 Å². The van der Waals surface area contributed by atoms with Gasteiger partial charge < -0.3 is 4.90 Å². The number of halogens is 1. The number of nitrogens with zero attached hydrogens (tertiary/aromatic N) is 1. The number of carbonyl (C=O) groups is 1. The van der Waals surface area contributed by atoms with Crippen molar-refractivity contribution in [3.05, 3.63) is 70.1 Å². The molecule has 0 spiro atoms. The van der Waals surface area contributed by atoms with Gasteiger partial charge in [0.2, 0.25) is 0 Å². The molecule has 1 amide bonds. The van der Waals surface area contributed by atoms with Crippen molar-refractivity contribution < 1.29 is 13.2 Å². The molecule has 2 aromatic carbocycles. The van der Waals surface area contributed by atoms with Gasteiger partial charge in [-0.25, -0.2) is 8.42 Å². The van der Waals surface area contributed by atoms with Crippen molar-refractivity contribution in [3.8, 4) is 0 Å². The lowest BCUT2D eigenvalue weighted by Crippen LogP contribution is -2.40. The average Bonchev–Trinajstić information content (AvgIpc) is 3.20. The summed E-state index contributed by atoms with van der Waals surface area (Å²) in [6, 6.07) is 16.9. The van der Waals surface area contributed by atoms with E-state index in [1.807, 2.05) is 54.6 Å². The lowest BCUT2D eigenvalue weighted by molar-refractivity contribution is 0.0686. The van der Waals surface area contributed by atoms with E-state index >= 15 is 0 Å². The van der Waals surface area contributed by atoms with Gasteiger partial charge in [0.1, 0.15) is 4.88 Å². The van der Waals surface area contributed by atoms with E-state index in [9.17, 15) is 13.2 Å². The third-order valence-corrected chi connectivity index (χ3v) is 8.25. The Labute approximate surface area is 167 Å². The molecule has 4 nitrogen and oxygen atoms in total. The van der Waals surface area contributed by atoms with Crippen LogP contribution in [-0.4, -0.2) is 36.8 Å². The minimum Gasteiger partial charge on any atom is -0.330 e. The zero-order valence-electron chi connectivity index (χ0n) is 14.5. The minimum absolute atomic E-state index is 0.00802. The Hall–Kier alpha value is -1.89. The maximum atomic E-state index is 13.4. The Bertz CT molecular complexity index is 1090. The van der Waals surface area contributed by atoms with Crippen LogP contribution in [-0.2, 0) is 16.4 Å². The number of rotatable bonds is 4. The molecule has 7 heteroatoms. The summed E-state index contributed by atoms with van der Waals surface area (Å²) in [4.78, 5) is 15.5. The number of thiophene rings is 1. The van der Waals surface area contributed by atoms with E-state index in [0.29, 0.717) is 22.9 Å². The van der Waals surface area contributed by atoms with Gasteiger partial charge in [0.15, 0.2) is 9.84 Å². The van der Waals surface area contributed by atoms with Crippen LogP contribution in [0.3, 0.4) is 0 Å². The molecule has 1 atom stereocenters. The van der Waals surface area contributed by atoms with Crippen LogP contribution < -0.4 is 0 Å². The van der Waals surface area contributed by atoms with Crippen molar-refractivity contribution in [3.63, 3.8) is 0 Å². The molecule has 4 rings (SSSR count). The van der Waals surface area contributed by atoms with E-state index in [4.69, 9.17) is 11.6 Å².